The van der Waals surface area contributed by atoms with Crippen molar-refractivity contribution in [3.05, 3.63) is 34.9 Å². The van der Waals surface area contributed by atoms with E-state index >= 15 is 0 Å². The summed E-state index contributed by atoms with van der Waals surface area (Å²) in [4.78, 5) is 2.63. The van der Waals surface area contributed by atoms with Crippen LogP contribution < -0.4 is 5.32 Å². The van der Waals surface area contributed by atoms with Crippen molar-refractivity contribution < 1.29 is 0 Å². The molecule has 2 rings (SSSR count). The number of benzene rings is 1. The van der Waals surface area contributed by atoms with Crippen LogP contribution in [0.5, 0.6) is 0 Å². The van der Waals surface area contributed by atoms with Crippen LogP contribution in [0.15, 0.2) is 18.2 Å². The molecular formula is C16H26N2. The van der Waals surface area contributed by atoms with E-state index in [-0.39, 0.29) is 0 Å². The molecule has 0 bridgehead atoms. The molecule has 1 saturated heterocycles. The third kappa shape index (κ3) is 2.76. The van der Waals surface area contributed by atoms with Crippen molar-refractivity contribution in [3.63, 3.8) is 0 Å². The topological polar surface area (TPSA) is 15.3 Å². The summed E-state index contributed by atoms with van der Waals surface area (Å²) in [6.45, 7) is 13.6. The highest BCUT2D eigenvalue weighted by atomic mass is 15.2. The van der Waals surface area contributed by atoms with Crippen LogP contribution in [-0.4, -0.2) is 30.1 Å². The highest BCUT2D eigenvalue weighted by Gasteiger charge is 2.27. The van der Waals surface area contributed by atoms with Gasteiger partial charge in [0.2, 0.25) is 0 Å². The highest BCUT2D eigenvalue weighted by molar-refractivity contribution is 5.32. The molecule has 1 N–H and O–H groups in total. The van der Waals surface area contributed by atoms with Gasteiger partial charge in [-0.25, -0.2) is 0 Å². The van der Waals surface area contributed by atoms with Crippen molar-refractivity contribution in [1.82, 2.24) is 10.2 Å². The van der Waals surface area contributed by atoms with Crippen LogP contribution in [0.1, 0.15) is 43.5 Å². The van der Waals surface area contributed by atoms with Gasteiger partial charge in [-0.2, -0.15) is 0 Å². The van der Waals surface area contributed by atoms with Crippen LogP contribution in [0.3, 0.4) is 0 Å². The molecule has 1 aromatic carbocycles. The van der Waals surface area contributed by atoms with E-state index in [1.54, 1.807) is 0 Å². The van der Waals surface area contributed by atoms with Crippen LogP contribution in [-0.2, 0) is 0 Å². The lowest BCUT2D eigenvalue weighted by Gasteiger charge is -2.42. The first-order chi connectivity index (χ1) is 8.49. The maximum atomic E-state index is 3.55. The lowest BCUT2D eigenvalue weighted by molar-refractivity contribution is 0.103. The van der Waals surface area contributed by atoms with E-state index in [0.717, 1.165) is 13.1 Å². The predicted molar refractivity (Wildman–Crippen MR) is 78.0 cm³/mol. The average molecular weight is 246 g/mol. The molecule has 0 radical (unpaired) electrons. The Morgan fingerprint density at radius 2 is 2.00 bits per heavy atom. The zero-order valence-corrected chi connectivity index (χ0v) is 12.3. The summed E-state index contributed by atoms with van der Waals surface area (Å²) in [5.74, 6) is 0. The molecule has 3 unspecified atom stereocenters. The summed E-state index contributed by atoms with van der Waals surface area (Å²) in [5.41, 5.74) is 4.25. The first-order valence-corrected chi connectivity index (χ1v) is 7.05. The zero-order chi connectivity index (χ0) is 13.3. The van der Waals surface area contributed by atoms with Crippen LogP contribution in [0.4, 0.5) is 0 Å². The third-order valence-electron chi connectivity index (χ3n) is 4.19. The van der Waals surface area contributed by atoms with E-state index in [0.29, 0.717) is 18.1 Å². The van der Waals surface area contributed by atoms with Crippen LogP contribution in [0.25, 0.3) is 0 Å². The molecule has 0 aromatic heterocycles. The summed E-state index contributed by atoms with van der Waals surface area (Å²) in [6.07, 6.45) is 0. The van der Waals surface area contributed by atoms with Gasteiger partial charge in [0.25, 0.3) is 0 Å². The van der Waals surface area contributed by atoms with Gasteiger partial charge in [-0.1, -0.05) is 23.8 Å². The highest BCUT2D eigenvalue weighted by Crippen LogP contribution is 2.27. The second kappa shape index (κ2) is 5.41. The van der Waals surface area contributed by atoms with Gasteiger partial charge >= 0.3 is 0 Å². The molecule has 1 aromatic rings. The first-order valence-electron chi connectivity index (χ1n) is 7.05. The number of hydrogen-bond acceptors (Lipinski definition) is 2. The van der Waals surface area contributed by atoms with Gasteiger partial charge in [0, 0.05) is 31.2 Å². The van der Waals surface area contributed by atoms with Crippen molar-refractivity contribution >= 4 is 0 Å². The maximum Gasteiger partial charge on any atom is 0.0326 e. The molecule has 1 aliphatic rings. The maximum absolute atomic E-state index is 3.55. The molecular weight excluding hydrogens is 220 g/mol. The number of aryl methyl sites for hydroxylation is 2. The summed E-state index contributed by atoms with van der Waals surface area (Å²) in [7, 11) is 0. The molecule has 1 fully saturated rings. The fourth-order valence-corrected chi connectivity index (χ4v) is 2.98. The predicted octanol–water partition coefficient (Wildman–Crippen LogP) is 3.05. The summed E-state index contributed by atoms with van der Waals surface area (Å²) in [5, 5.41) is 3.55. The Bertz CT molecular complexity index is 414. The zero-order valence-electron chi connectivity index (χ0n) is 12.3. The Balaban J connectivity index is 2.23. The van der Waals surface area contributed by atoms with Crippen LogP contribution >= 0.6 is 0 Å². The van der Waals surface area contributed by atoms with E-state index in [1.165, 1.54) is 16.7 Å². The smallest absolute Gasteiger partial charge is 0.0326 e. The van der Waals surface area contributed by atoms with Gasteiger partial charge in [0.15, 0.2) is 0 Å². The fraction of sp³-hybridized carbons (Fsp3) is 0.625. The van der Waals surface area contributed by atoms with Gasteiger partial charge in [0.1, 0.15) is 0 Å². The molecule has 0 amide bonds. The summed E-state index contributed by atoms with van der Waals surface area (Å²) < 4.78 is 0. The lowest BCUT2D eigenvalue weighted by Crippen LogP contribution is -2.54. The van der Waals surface area contributed by atoms with Gasteiger partial charge in [-0.15, -0.1) is 0 Å². The molecule has 18 heavy (non-hydrogen) atoms. The lowest BCUT2D eigenvalue weighted by atomic mass is 9.96. The van der Waals surface area contributed by atoms with Crippen LogP contribution in [0, 0.1) is 13.8 Å². The normalized spacial score (nSPS) is 27.2. The minimum absolute atomic E-state index is 0.504. The second-order valence-electron chi connectivity index (χ2n) is 5.89. The van der Waals surface area contributed by atoms with Crippen molar-refractivity contribution in [1.29, 1.82) is 0 Å². The van der Waals surface area contributed by atoms with Crippen molar-refractivity contribution in [2.45, 2.75) is 52.7 Å². The molecule has 0 aliphatic carbocycles. The molecule has 100 valence electrons. The van der Waals surface area contributed by atoms with E-state index in [1.807, 2.05) is 0 Å². The Hall–Kier alpha value is -0.860. The molecule has 2 nitrogen and oxygen atoms in total. The largest absolute Gasteiger partial charge is 0.311 e. The van der Waals surface area contributed by atoms with Crippen molar-refractivity contribution in [3.8, 4) is 0 Å². The average Bonchev–Trinajstić information content (AvgIpc) is 2.34. The number of hydrogen-bond donors (Lipinski definition) is 1. The van der Waals surface area contributed by atoms with E-state index < -0.39 is 0 Å². The molecule has 0 saturated carbocycles. The second-order valence-corrected chi connectivity index (χ2v) is 5.89. The number of nitrogens with one attached hydrogen (secondary N) is 1. The third-order valence-corrected chi connectivity index (χ3v) is 4.19. The fourth-order valence-electron chi connectivity index (χ4n) is 2.98. The monoisotopic (exact) mass is 246 g/mol. The molecule has 1 aliphatic heterocycles. The number of rotatable bonds is 2. The van der Waals surface area contributed by atoms with Gasteiger partial charge in [-0.3, -0.25) is 4.90 Å². The molecule has 1 heterocycles. The minimum atomic E-state index is 0.504. The van der Waals surface area contributed by atoms with Crippen molar-refractivity contribution in [2.75, 3.05) is 13.1 Å². The standard InChI is InChI=1S/C16H26N2/c1-11-6-7-12(2)16(8-11)15(5)18-10-13(3)17-9-14(18)4/h6-8,13-15,17H,9-10H2,1-5H3. The Kier molecular flexibility index (Phi) is 4.08. The quantitative estimate of drug-likeness (QED) is 0.863. The van der Waals surface area contributed by atoms with Crippen molar-refractivity contribution in [2.24, 2.45) is 0 Å². The number of nitrogens with zero attached hydrogens (tertiary/aromatic N) is 1. The SMILES string of the molecule is Cc1ccc(C)c(C(C)N2CC(C)NCC2C)c1. The van der Waals surface area contributed by atoms with Gasteiger partial charge in [0.05, 0.1) is 0 Å². The van der Waals surface area contributed by atoms with E-state index in [9.17, 15) is 0 Å². The first kappa shape index (κ1) is 13.6. The van der Waals surface area contributed by atoms with E-state index in [4.69, 9.17) is 0 Å². The van der Waals surface area contributed by atoms with E-state index in [2.05, 4.69) is 63.0 Å². The Morgan fingerprint density at radius 1 is 1.28 bits per heavy atom. The van der Waals surface area contributed by atoms with Gasteiger partial charge < -0.3 is 5.32 Å². The Morgan fingerprint density at radius 3 is 2.72 bits per heavy atom. The molecule has 2 heteroatoms. The summed E-state index contributed by atoms with van der Waals surface area (Å²) in [6, 6.07) is 8.50. The minimum Gasteiger partial charge on any atom is -0.311 e. The summed E-state index contributed by atoms with van der Waals surface area (Å²) >= 11 is 0. The Labute approximate surface area is 111 Å². The van der Waals surface area contributed by atoms with Crippen LogP contribution in [0.2, 0.25) is 0 Å². The molecule has 3 atom stereocenters. The van der Waals surface area contributed by atoms with Gasteiger partial charge in [-0.05, 0) is 45.7 Å². The number of piperazine rings is 1. The molecule has 0 spiro atoms.